The largest absolute Gasteiger partial charge is 0.516 e. The van der Waals surface area contributed by atoms with E-state index in [1.54, 1.807) is 6.07 Å². The van der Waals surface area contributed by atoms with Crippen molar-refractivity contribution in [3.63, 3.8) is 0 Å². The topological polar surface area (TPSA) is 94.3 Å². The molecule has 0 atom stereocenters. The first-order valence-electron chi connectivity index (χ1n) is 9.11. The number of alkyl halides is 6. The number of halogens is 6. The van der Waals surface area contributed by atoms with E-state index in [9.17, 15) is 34.8 Å². The highest BCUT2D eigenvalue weighted by atomic mass is 32.2. The molecule has 0 bridgehead atoms. The van der Waals surface area contributed by atoms with Gasteiger partial charge in [-0.05, 0) is 48.4 Å². The second-order valence-electron chi connectivity index (χ2n) is 6.65. The van der Waals surface area contributed by atoms with E-state index in [1.165, 1.54) is 35.1 Å². The molecule has 0 radical (unpaired) electrons. The Hall–Kier alpha value is -3.13. The minimum absolute atomic E-state index is 0.00646. The molecular formula is C19H15F6N3O4S. The predicted octanol–water partition coefficient (Wildman–Crippen LogP) is 4.78. The molecule has 0 aliphatic carbocycles. The number of benzene rings is 2. The lowest BCUT2D eigenvalue weighted by Crippen LogP contribution is -2.29. The van der Waals surface area contributed by atoms with Crippen molar-refractivity contribution in [1.82, 2.24) is 10.1 Å². The lowest BCUT2D eigenvalue weighted by molar-refractivity contribution is -0.137. The molecule has 0 saturated carbocycles. The van der Waals surface area contributed by atoms with Crippen LogP contribution < -0.4 is 4.72 Å². The fraction of sp³-hybridized carbons (Fsp3) is 0.263. The van der Waals surface area contributed by atoms with E-state index in [-0.39, 0.29) is 37.0 Å². The van der Waals surface area contributed by atoms with Gasteiger partial charge in [0, 0.05) is 11.3 Å². The third-order valence-electron chi connectivity index (χ3n) is 4.18. The van der Waals surface area contributed by atoms with Crippen LogP contribution in [-0.2, 0) is 34.0 Å². The Kier molecular flexibility index (Phi) is 6.97. The van der Waals surface area contributed by atoms with Crippen LogP contribution in [-0.4, -0.2) is 30.7 Å². The summed E-state index contributed by atoms with van der Waals surface area (Å²) >= 11 is 0. The van der Waals surface area contributed by atoms with Crippen LogP contribution in [0.1, 0.15) is 17.0 Å². The number of sulfonamides is 1. The van der Waals surface area contributed by atoms with Gasteiger partial charge in [-0.3, -0.25) is 4.72 Å². The second-order valence-corrected chi connectivity index (χ2v) is 8.32. The SMILES string of the molecule is O=S(=O)(Nc1cccc(CCOCc2noc(-c3ccc(C(F)(F)F)cc3)n2)c1)C(F)(F)F. The van der Waals surface area contributed by atoms with Gasteiger partial charge >= 0.3 is 21.7 Å². The van der Waals surface area contributed by atoms with Crippen molar-refractivity contribution in [2.24, 2.45) is 0 Å². The highest BCUT2D eigenvalue weighted by Gasteiger charge is 2.46. The zero-order valence-electron chi connectivity index (χ0n) is 16.4. The third-order valence-corrected chi connectivity index (χ3v) is 5.29. The van der Waals surface area contributed by atoms with Gasteiger partial charge in [-0.2, -0.15) is 39.7 Å². The molecular weight excluding hydrogens is 480 g/mol. The molecule has 0 spiro atoms. The van der Waals surface area contributed by atoms with Crippen LogP contribution in [0.4, 0.5) is 32.0 Å². The van der Waals surface area contributed by atoms with Crippen LogP contribution in [0.3, 0.4) is 0 Å². The third kappa shape index (κ3) is 6.44. The van der Waals surface area contributed by atoms with Crippen LogP contribution in [0.2, 0.25) is 0 Å². The summed E-state index contributed by atoms with van der Waals surface area (Å²) in [6.45, 7) is 0.00412. The number of aromatic nitrogens is 2. The number of ether oxygens (including phenoxy) is 1. The molecule has 14 heteroatoms. The highest BCUT2D eigenvalue weighted by Crippen LogP contribution is 2.30. The van der Waals surface area contributed by atoms with Gasteiger partial charge in [0.05, 0.1) is 12.2 Å². The van der Waals surface area contributed by atoms with Gasteiger partial charge in [0.25, 0.3) is 5.89 Å². The van der Waals surface area contributed by atoms with E-state index in [1.807, 2.05) is 0 Å². The molecule has 0 unspecified atom stereocenters. The maximum Gasteiger partial charge on any atom is 0.516 e. The Bertz CT molecular complexity index is 1190. The quantitative estimate of drug-likeness (QED) is 0.357. The minimum atomic E-state index is -5.52. The lowest BCUT2D eigenvalue weighted by atomic mass is 10.1. The van der Waals surface area contributed by atoms with Crippen molar-refractivity contribution >= 4 is 15.7 Å². The number of rotatable bonds is 8. The molecule has 0 saturated heterocycles. The Morgan fingerprint density at radius 1 is 1.00 bits per heavy atom. The normalized spacial score (nSPS) is 12.7. The Labute approximate surface area is 183 Å². The number of anilines is 1. The first kappa shape index (κ1) is 24.5. The average Bonchev–Trinajstić information content (AvgIpc) is 3.19. The van der Waals surface area contributed by atoms with E-state index in [0.717, 1.165) is 12.1 Å². The molecule has 2 aromatic carbocycles. The molecule has 0 aliphatic heterocycles. The van der Waals surface area contributed by atoms with Gasteiger partial charge in [-0.15, -0.1) is 0 Å². The number of nitrogens with one attached hydrogen (secondary N) is 1. The average molecular weight is 495 g/mol. The van der Waals surface area contributed by atoms with Gasteiger partial charge in [0.1, 0.15) is 6.61 Å². The Morgan fingerprint density at radius 3 is 2.33 bits per heavy atom. The highest BCUT2D eigenvalue weighted by molar-refractivity contribution is 7.93. The smallest absolute Gasteiger partial charge is 0.373 e. The van der Waals surface area contributed by atoms with Gasteiger partial charge < -0.3 is 9.26 Å². The van der Waals surface area contributed by atoms with Crippen molar-refractivity contribution in [2.45, 2.75) is 24.7 Å². The molecule has 3 rings (SSSR count). The number of hydrogen-bond donors (Lipinski definition) is 1. The Morgan fingerprint density at radius 2 is 1.70 bits per heavy atom. The summed E-state index contributed by atoms with van der Waals surface area (Å²) in [5.41, 5.74) is -5.69. The summed E-state index contributed by atoms with van der Waals surface area (Å²) < 4.78 is 109. The van der Waals surface area contributed by atoms with Crippen LogP contribution in [0.25, 0.3) is 11.5 Å². The summed E-state index contributed by atoms with van der Waals surface area (Å²) in [7, 11) is -5.52. The van der Waals surface area contributed by atoms with Crippen molar-refractivity contribution in [2.75, 3.05) is 11.3 Å². The van der Waals surface area contributed by atoms with E-state index in [2.05, 4.69) is 10.1 Å². The van der Waals surface area contributed by atoms with Crippen LogP contribution in [0.5, 0.6) is 0 Å². The summed E-state index contributed by atoms with van der Waals surface area (Å²) in [6.07, 6.45) is -4.22. The summed E-state index contributed by atoms with van der Waals surface area (Å²) in [6, 6.07) is 9.55. The van der Waals surface area contributed by atoms with Crippen molar-refractivity contribution in [3.8, 4) is 11.5 Å². The first-order chi connectivity index (χ1) is 15.3. The van der Waals surface area contributed by atoms with E-state index < -0.39 is 27.3 Å². The van der Waals surface area contributed by atoms with E-state index >= 15 is 0 Å². The molecule has 178 valence electrons. The molecule has 1 N–H and O–H groups in total. The Balaban J connectivity index is 1.52. The molecule has 1 heterocycles. The van der Waals surface area contributed by atoms with Crippen molar-refractivity contribution in [1.29, 1.82) is 0 Å². The van der Waals surface area contributed by atoms with Crippen LogP contribution >= 0.6 is 0 Å². The predicted molar refractivity (Wildman–Crippen MR) is 103 cm³/mol. The van der Waals surface area contributed by atoms with Gasteiger partial charge in [0.2, 0.25) is 0 Å². The van der Waals surface area contributed by atoms with E-state index in [4.69, 9.17) is 9.26 Å². The molecule has 33 heavy (non-hydrogen) atoms. The zero-order chi connectivity index (χ0) is 24.3. The lowest BCUT2D eigenvalue weighted by Gasteiger charge is -2.11. The number of nitrogens with zero attached hydrogens (tertiary/aromatic N) is 2. The van der Waals surface area contributed by atoms with Gasteiger partial charge in [0.15, 0.2) is 5.82 Å². The van der Waals surface area contributed by atoms with Gasteiger partial charge in [-0.25, -0.2) is 0 Å². The molecule has 3 aromatic rings. The monoisotopic (exact) mass is 495 g/mol. The maximum atomic E-state index is 12.6. The zero-order valence-corrected chi connectivity index (χ0v) is 17.3. The summed E-state index contributed by atoms with van der Waals surface area (Å²) in [5.74, 6) is 0.142. The number of hydrogen-bond acceptors (Lipinski definition) is 6. The van der Waals surface area contributed by atoms with E-state index in [0.29, 0.717) is 11.1 Å². The van der Waals surface area contributed by atoms with Crippen LogP contribution in [0.15, 0.2) is 53.1 Å². The summed E-state index contributed by atoms with van der Waals surface area (Å²) in [5, 5.41) is 3.67. The molecule has 0 fully saturated rings. The second kappa shape index (κ2) is 9.39. The fourth-order valence-corrected chi connectivity index (χ4v) is 3.14. The molecule has 0 aliphatic rings. The first-order valence-corrected chi connectivity index (χ1v) is 10.6. The molecule has 0 amide bonds. The van der Waals surface area contributed by atoms with Crippen molar-refractivity contribution in [3.05, 3.63) is 65.5 Å². The maximum absolute atomic E-state index is 12.6. The molecule has 1 aromatic heterocycles. The van der Waals surface area contributed by atoms with Gasteiger partial charge in [-0.1, -0.05) is 17.3 Å². The van der Waals surface area contributed by atoms with Crippen LogP contribution in [0, 0.1) is 0 Å². The molecule has 7 nitrogen and oxygen atoms in total. The summed E-state index contributed by atoms with van der Waals surface area (Å²) in [4.78, 5) is 4.03. The minimum Gasteiger partial charge on any atom is -0.373 e. The van der Waals surface area contributed by atoms with Crippen molar-refractivity contribution < 1.29 is 44.0 Å². The fourth-order valence-electron chi connectivity index (χ4n) is 2.59. The standard InChI is InChI=1S/C19H15F6N3O4S/c20-18(21,22)14-6-4-13(5-7-14)17-26-16(27-32-17)11-31-9-8-12-2-1-3-15(10-12)28-33(29,30)19(23,24)25/h1-7,10,28H,8-9,11H2.